The van der Waals surface area contributed by atoms with Crippen molar-refractivity contribution in [2.45, 2.75) is 6.92 Å². The quantitative estimate of drug-likeness (QED) is 0.837. The van der Waals surface area contributed by atoms with E-state index in [-0.39, 0.29) is 18.4 Å². The highest BCUT2D eigenvalue weighted by atomic mass is 16.2. The molecule has 0 saturated carbocycles. The largest absolute Gasteiger partial charge is 0.368 e. The highest BCUT2D eigenvalue weighted by molar-refractivity contribution is 5.98. The summed E-state index contributed by atoms with van der Waals surface area (Å²) >= 11 is 0. The Labute approximate surface area is 159 Å². The Balaban J connectivity index is 1.66. The van der Waals surface area contributed by atoms with E-state index in [1.807, 2.05) is 18.2 Å². The van der Waals surface area contributed by atoms with Crippen LogP contribution in [0.1, 0.15) is 12.5 Å². The first kappa shape index (κ1) is 18.5. The van der Waals surface area contributed by atoms with Gasteiger partial charge in [0.05, 0.1) is 11.3 Å². The smallest absolute Gasteiger partial charge is 0.242 e. The van der Waals surface area contributed by atoms with Crippen molar-refractivity contribution < 1.29 is 9.59 Å². The van der Waals surface area contributed by atoms with E-state index in [9.17, 15) is 14.9 Å². The van der Waals surface area contributed by atoms with E-state index < -0.39 is 0 Å². The number of piperazine rings is 1. The number of benzene rings is 2. The fraction of sp³-hybridized carbons (Fsp3) is 0.286. The molecule has 138 valence electrons. The van der Waals surface area contributed by atoms with Gasteiger partial charge in [-0.1, -0.05) is 30.3 Å². The van der Waals surface area contributed by atoms with Crippen molar-refractivity contribution in [3.8, 4) is 6.07 Å². The molecule has 1 aliphatic rings. The molecule has 0 N–H and O–H groups in total. The molecule has 1 aliphatic heterocycles. The second-order valence-corrected chi connectivity index (χ2v) is 6.44. The van der Waals surface area contributed by atoms with Gasteiger partial charge in [-0.15, -0.1) is 0 Å². The maximum absolute atomic E-state index is 12.8. The third-order valence-corrected chi connectivity index (χ3v) is 4.74. The lowest BCUT2D eigenvalue weighted by Gasteiger charge is -2.37. The second kappa shape index (κ2) is 8.37. The Morgan fingerprint density at radius 3 is 2.26 bits per heavy atom. The number of hydrogen-bond acceptors (Lipinski definition) is 4. The molecule has 2 aromatic carbocycles. The predicted octanol–water partition coefficient (Wildman–Crippen LogP) is 2.26. The number of carbonyl (C=O) groups is 2. The zero-order valence-corrected chi connectivity index (χ0v) is 15.3. The first-order chi connectivity index (χ1) is 13.1. The van der Waals surface area contributed by atoms with Crippen LogP contribution in [-0.2, 0) is 9.59 Å². The minimum Gasteiger partial charge on any atom is -0.368 e. The van der Waals surface area contributed by atoms with Crippen LogP contribution < -0.4 is 9.80 Å². The number of carbonyl (C=O) groups excluding carboxylic acids is 2. The average Bonchev–Trinajstić information content (AvgIpc) is 2.72. The van der Waals surface area contributed by atoms with Gasteiger partial charge in [-0.05, 0) is 24.3 Å². The monoisotopic (exact) mass is 362 g/mol. The Bertz CT molecular complexity index is 852. The molecule has 6 heteroatoms. The maximum Gasteiger partial charge on any atom is 0.242 e. The van der Waals surface area contributed by atoms with E-state index in [2.05, 4.69) is 23.1 Å². The van der Waals surface area contributed by atoms with Gasteiger partial charge in [-0.3, -0.25) is 9.59 Å². The SMILES string of the molecule is CC(=O)N(CC(=O)N1CCN(c2ccccc2)CC1)c1ccccc1C#N. The Morgan fingerprint density at radius 2 is 1.63 bits per heavy atom. The topological polar surface area (TPSA) is 67.7 Å². The Hall–Kier alpha value is -3.33. The zero-order chi connectivity index (χ0) is 19.2. The molecule has 6 nitrogen and oxygen atoms in total. The first-order valence-corrected chi connectivity index (χ1v) is 8.95. The third kappa shape index (κ3) is 4.26. The Kier molecular flexibility index (Phi) is 5.72. The standard InChI is InChI=1S/C21H22N4O2/c1-17(26)25(20-10-6-5-7-18(20)15-22)16-21(27)24-13-11-23(12-14-24)19-8-3-2-4-9-19/h2-10H,11-14,16H2,1H3. The number of nitriles is 1. The molecule has 3 rings (SSSR count). The lowest BCUT2D eigenvalue weighted by atomic mass is 10.1. The molecule has 0 atom stereocenters. The van der Waals surface area contributed by atoms with Crippen molar-refractivity contribution in [2.75, 3.05) is 42.5 Å². The fourth-order valence-electron chi connectivity index (χ4n) is 3.26. The summed E-state index contributed by atoms with van der Waals surface area (Å²) in [5.41, 5.74) is 2.01. The number of nitrogens with zero attached hydrogens (tertiary/aromatic N) is 4. The molecule has 1 saturated heterocycles. The highest BCUT2D eigenvalue weighted by Gasteiger charge is 2.25. The van der Waals surface area contributed by atoms with Gasteiger partial charge in [0.15, 0.2) is 0 Å². The van der Waals surface area contributed by atoms with Crippen LogP contribution in [0.25, 0.3) is 0 Å². The number of para-hydroxylation sites is 2. The van der Waals surface area contributed by atoms with Gasteiger partial charge < -0.3 is 14.7 Å². The molecule has 1 heterocycles. The van der Waals surface area contributed by atoms with Crippen molar-refractivity contribution >= 4 is 23.2 Å². The van der Waals surface area contributed by atoms with Crippen LogP contribution in [0.5, 0.6) is 0 Å². The zero-order valence-electron chi connectivity index (χ0n) is 15.3. The van der Waals surface area contributed by atoms with Crippen molar-refractivity contribution in [2.24, 2.45) is 0 Å². The van der Waals surface area contributed by atoms with Crippen LogP contribution in [0, 0.1) is 11.3 Å². The van der Waals surface area contributed by atoms with Crippen LogP contribution in [0.3, 0.4) is 0 Å². The molecule has 0 spiro atoms. The minimum absolute atomic E-state index is 0.0562. The number of anilines is 2. The van der Waals surface area contributed by atoms with Crippen LogP contribution >= 0.6 is 0 Å². The molecule has 0 bridgehead atoms. The average molecular weight is 362 g/mol. The van der Waals surface area contributed by atoms with Gasteiger partial charge in [0.2, 0.25) is 11.8 Å². The summed E-state index contributed by atoms with van der Waals surface area (Å²) in [5, 5.41) is 9.28. The van der Waals surface area contributed by atoms with Gasteiger partial charge in [0, 0.05) is 38.8 Å². The maximum atomic E-state index is 12.8. The van der Waals surface area contributed by atoms with E-state index in [1.165, 1.54) is 11.8 Å². The van der Waals surface area contributed by atoms with E-state index in [0.29, 0.717) is 24.3 Å². The lowest BCUT2D eigenvalue weighted by molar-refractivity contribution is -0.131. The van der Waals surface area contributed by atoms with Crippen LogP contribution in [0.2, 0.25) is 0 Å². The molecule has 0 unspecified atom stereocenters. The van der Waals surface area contributed by atoms with E-state index in [4.69, 9.17) is 0 Å². The van der Waals surface area contributed by atoms with Crippen LogP contribution in [0.4, 0.5) is 11.4 Å². The highest BCUT2D eigenvalue weighted by Crippen LogP contribution is 2.21. The molecular formula is C21H22N4O2. The first-order valence-electron chi connectivity index (χ1n) is 8.95. The van der Waals surface area contributed by atoms with Crippen LogP contribution in [-0.4, -0.2) is 49.4 Å². The summed E-state index contributed by atoms with van der Waals surface area (Å²) in [4.78, 5) is 30.3. The summed E-state index contributed by atoms with van der Waals surface area (Å²) in [6, 6.07) is 19.0. The molecule has 0 aliphatic carbocycles. The molecule has 2 aromatic rings. The predicted molar refractivity (Wildman–Crippen MR) is 104 cm³/mol. The van der Waals surface area contributed by atoms with Gasteiger partial charge in [0.1, 0.15) is 12.6 Å². The summed E-state index contributed by atoms with van der Waals surface area (Å²) in [7, 11) is 0. The molecule has 27 heavy (non-hydrogen) atoms. The van der Waals surface area contributed by atoms with Crippen molar-refractivity contribution in [3.63, 3.8) is 0 Å². The number of hydrogen-bond donors (Lipinski definition) is 0. The lowest BCUT2D eigenvalue weighted by Crippen LogP contribution is -2.52. The van der Waals surface area contributed by atoms with E-state index >= 15 is 0 Å². The van der Waals surface area contributed by atoms with Crippen molar-refractivity contribution in [3.05, 3.63) is 60.2 Å². The molecular weight excluding hydrogens is 340 g/mol. The van der Waals surface area contributed by atoms with Crippen LogP contribution in [0.15, 0.2) is 54.6 Å². The van der Waals surface area contributed by atoms with Gasteiger partial charge in [0.25, 0.3) is 0 Å². The molecule has 1 fully saturated rings. The fourth-order valence-corrected chi connectivity index (χ4v) is 3.26. The number of rotatable bonds is 4. The molecule has 0 radical (unpaired) electrons. The van der Waals surface area contributed by atoms with E-state index in [1.54, 1.807) is 29.2 Å². The summed E-state index contributed by atoms with van der Waals surface area (Å²) in [6.45, 7) is 4.09. The van der Waals surface area contributed by atoms with Crippen molar-refractivity contribution in [1.29, 1.82) is 5.26 Å². The minimum atomic E-state index is -0.256. The van der Waals surface area contributed by atoms with E-state index in [0.717, 1.165) is 18.8 Å². The normalized spacial score (nSPS) is 13.8. The Morgan fingerprint density at radius 1 is 1.00 bits per heavy atom. The second-order valence-electron chi connectivity index (χ2n) is 6.44. The van der Waals surface area contributed by atoms with Gasteiger partial charge in [-0.25, -0.2) is 0 Å². The van der Waals surface area contributed by atoms with Gasteiger partial charge in [-0.2, -0.15) is 5.26 Å². The number of amides is 2. The molecule has 0 aromatic heterocycles. The van der Waals surface area contributed by atoms with Gasteiger partial charge >= 0.3 is 0 Å². The summed E-state index contributed by atoms with van der Waals surface area (Å²) in [6.07, 6.45) is 0. The van der Waals surface area contributed by atoms with Crippen molar-refractivity contribution in [1.82, 2.24) is 4.90 Å². The third-order valence-electron chi connectivity index (χ3n) is 4.74. The summed E-state index contributed by atoms with van der Waals surface area (Å²) in [5.74, 6) is -0.361. The summed E-state index contributed by atoms with van der Waals surface area (Å²) < 4.78 is 0. The molecule has 2 amide bonds.